The smallest absolute Gasteiger partial charge is 0.169 e. The predicted molar refractivity (Wildman–Crippen MR) is 181 cm³/mol. The SMILES string of the molecule is CC1(CCCOCCOCCOCCOCCOCc2ccccc2)C(=O)c2cc(O)ccc2C2CC[C@]3(C)CCC(O)CCC3C21. The Bertz CT molecular complexity index is 1250. The number of benzene rings is 2. The molecule has 2 aromatic carbocycles. The van der Waals surface area contributed by atoms with Crippen molar-refractivity contribution in [1.82, 2.24) is 0 Å². The van der Waals surface area contributed by atoms with E-state index in [0.717, 1.165) is 62.5 Å². The summed E-state index contributed by atoms with van der Waals surface area (Å²) in [5, 5.41) is 20.9. The zero-order valence-electron chi connectivity index (χ0n) is 28.5. The number of carbonyl (C=O) groups excluding carboxylic acids is 1. The predicted octanol–water partition coefficient (Wildman–Crippen LogP) is 6.71. The van der Waals surface area contributed by atoms with Gasteiger partial charge in [-0.1, -0.05) is 50.2 Å². The lowest BCUT2D eigenvalue weighted by molar-refractivity contribution is -0.0372. The van der Waals surface area contributed by atoms with Crippen LogP contribution < -0.4 is 0 Å². The van der Waals surface area contributed by atoms with Crippen molar-refractivity contribution in [2.75, 3.05) is 59.5 Å². The van der Waals surface area contributed by atoms with Gasteiger partial charge in [-0.25, -0.2) is 0 Å². The molecule has 8 heteroatoms. The molecule has 0 saturated heterocycles. The van der Waals surface area contributed by atoms with E-state index in [1.807, 2.05) is 36.4 Å². The molecule has 2 N–H and O–H groups in total. The molecular weight excluding hydrogens is 596 g/mol. The second-order valence-electron chi connectivity index (χ2n) is 14.3. The molecule has 0 aromatic heterocycles. The van der Waals surface area contributed by atoms with E-state index < -0.39 is 5.41 Å². The van der Waals surface area contributed by atoms with E-state index in [1.54, 1.807) is 12.1 Å². The number of aromatic hydroxyl groups is 1. The van der Waals surface area contributed by atoms with Gasteiger partial charge in [0, 0.05) is 17.6 Å². The maximum atomic E-state index is 14.3. The molecule has 3 aliphatic rings. The van der Waals surface area contributed by atoms with Gasteiger partial charge in [-0.3, -0.25) is 4.79 Å². The number of fused-ring (bicyclic) bond motifs is 5. The van der Waals surface area contributed by atoms with Gasteiger partial charge in [0.05, 0.1) is 65.6 Å². The number of carbonyl (C=O) groups is 1. The molecule has 2 aromatic rings. The third kappa shape index (κ3) is 9.22. The van der Waals surface area contributed by atoms with Crippen LogP contribution in [0.4, 0.5) is 0 Å². The fraction of sp³-hybridized carbons (Fsp3) is 0.667. The lowest BCUT2D eigenvalue weighted by Gasteiger charge is -2.57. The molecule has 260 valence electrons. The molecule has 0 spiro atoms. The van der Waals surface area contributed by atoms with Gasteiger partial charge in [0.15, 0.2) is 5.78 Å². The lowest BCUT2D eigenvalue weighted by Crippen LogP contribution is -2.53. The molecule has 0 heterocycles. The molecular formula is C39H56O8. The number of hydrogen-bond donors (Lipinski definition) is 2. The Balaban J connectivity index is 0.987. The maximum Gasteiger partial charge on any atom is 0.169 e. The number of phenols is 1. The average molecular weight is 653 g/mol. The van der Waals surface area contributed by atoms with Gasteiger partial charge in [0.2, 0.25) is 0 Å². The molecule has 0 radical (unpaired) electrons. The van der Waals surface area contributed by atoms with Crippen LogP contribution in [0.1, 0.15) is 92.6 Å². The minimum absolute atomic E-state index is 0.136. The van der Waals surface area contributed by atoms with E-state index in [4.69, 9.17) is 23.7 Å². The second-order valence-corrected chi connectivity index (χ2v) is 14.3. The molecule has 47 heavy (non-hydrogen) atoms. The standard InChI is InChI=1S/C39H56O8/c1-38-16-13-30(40)10-12-35(38)36-33(14-17-38)32-11-9-31(41)27-34(32)37(42)39(36,2)15-6-18-43-19-20-44-21-22-45-23-24-46-25-26-47-28-29-7-4-3-5-8-29/h3-5,7-9,11,27,30,33,35-36,40-41H,6,10,12-26,28H2,1-2H3/t30?,33?,35?,36?,38-,39?/m0/s1. The van der Waals surface area contributed by atoms with Crippen LogP contribution in [0.25, 0.3) is 0 Å². The number of rotatable bonds is 18. The number of aliphatic hydroxyl groups excluding tert-OH is 1. The number of hydrogen-bond acceptors (Lipinski definition) is 8. The lowest BCUT2D eigenvalue weighted by atomic mass is 9.45. The first-order valence-corrected chi connectivity index (χ1v) is 17.8. The van der Waals surface area contributed by atoms with Crippen LogP contribution in [0.2, 0.25) is 0 Å². The van der Waals surface area contributed by atoms with Crippen LogP contribution in [0.15, 0.2) is 48.5 Å². The van der Waals surface area contributed by atoms with Crippen molar-refractivity contribution in [2.24, 2.45) is 22.7 Å². The second kappa shape index (κ2) is 17.4. The summed E-state index contributed by atoms with van der Waals surface area (Å²) in [6.45, 7) is 9.86. The zero-order valence-corrected chi connectivity index (χ0v) is 28.5. The highest BCUT2D eigenvalue weighted by Crippen LogP contribution is 2.64. The minimum atomic E-state index is -0.538. The quantitative estimate of drug-likeness (QED) is 0.171. The van der Waals surface area contributed by atoms with Crippen molar-refractivity contribution in [2.45, 2.75) is 83.8 Å². The van der Waals surface area contributed by atoms with E-state index in [9.17, 15) is 15.0 Å². The van der Waals surface area contributed by atoms with Crippen LogP contribution in [0.3, 0.4) is 0 Å². The molecule has 2 saturated carbocycles. The molecule has 6 atom stereocenters. The van der Waals surface area contributed by atoms with Gasteiger partial charge in [-0.2, -0.15) is 0 Å². The number of Topliss-reactive ketones (excluding diaryl/α,β-unsaturated/α-hetero) is 1. The van der Waals surface area contributed by atoms with Gasteiger partial charge < -0.3 is 33.9 Å². The van der Waals surface area contributed by atoms with Crippen molar-refractivity contribution in [3.8, 4) is 5.75 Å². The topological polar surface area (TPSA) is 104 Å². The normalized spacial score (nSPS) is 28.7. The Kier molecular flexibility index (Phi) is 13.3. The zero-order chi connectivity index (χ0) is 33.1. The summed E-state index contributed by atoms with van der Waals surface area (Å²) in [4.78, 5) is 14.3. The summed E-state index contributed by atoms with van der Waals surface area (Å²) < 4.78 is 28.3. The minimum Gasteiger partial charge on any atom is -0.508 e. The Morgan fingerprint density at radius 3 is 2.04 bits per heavy atom. The van der Waals surface area contributed by atoms with Crippen molar-refractivity contribution in [1.29, 1.82) is 0 Å². The first kappa shape index (κ1) is 36.0. The van der Waals surface area contributed by atoms with Crippen LogP contribution in [0.5, 0.6) is 5.75 Å². The molecule has 2 fully saturated rings. The third-order valence-electron chi connectivity index (χ3n) is 11.2. The maximum absolute atomic E-state index is 14.3. The Hall–Kier alpha value is -2.33. The van der Waals surface area contributed by atoms with E-state index >= 15 is 0 Å². The van der Waals surface area contributed by atoms with Gasteiger partial charge in [0.1, 0.15) is 5.75 Å². The Morgan fingerprint density at radius 1 is 0.745 bits per heavy atom. The Morgan fingerprint density at radius 2 is 1.36 bits per heavy atom. The molecule has 0 amide bonds. The highest BCUT2D eigenvalue weighted by molar-refractivity contribution is 6.03. The van der Waals surface area contributed by atoms with Crippen LogP contribution >= 0.6 is 0 Å². The fourth-order valence-corrected chi connectivity index (χ4v) is 8.64. The van der Waals surface area contributed by atoms with Gasteiger partial charge in [-0.15, -0.1) is 0 Å². The van der Waals surface area contributed by atoms with Crippen molar-refractivity contribution in [3.05, 3.63) is 65.2 Å². The summed E-state index contributed by atoms with van der Waals surface area (Å²) in [5.74, 6) is 1.21. The summed E-state index contributed by atoms with van der Waals surface area (Å²) >= 11 is 0. The summed E-state index contributed by atoms with van der Waals surface area (Å²) in [6, 6.07) is 15.5. The average Bonchev–Trinajstić information content (AvgIpc) is 3.23. The number of ether oxygens (including phenoxy) is 5. The van der Waals surface area contributed by atoms with E-state index in [-0.39, 0.29) is 29.0 Å². The first-order chi connectivity index (χ1) is 22.8. The van der Waals surface area contributed by atoms with E-state index in [2.05, 4.69) is 13.8 Å². The van der Waals surface area contributed by atoms with Crippen molar-refractivity contribution in [3.63, 3.8) is 0 Å². The molecule has 5 rings (SSSR count). The monoisotopic (exact) mass is 652 g/mol. The van der Waals surface area contributed by atoms with Crippen molar-refractivity contribution >= 4 is 5.78 Å². The molecule has 3 aliphatic carbocycles. The van der Waals surface area contributed by atoms with Gasteiger partial charge in [0.25, 0.3) is 0 Å². The number of aliphatic hydroxyl groups is 1. The summed E-state index contributed by atoms with van der Waals surface area (Å²) in [7, 11) is 0. The molecule has 0 aliphatic heterocycles. The summed E-state index contributed by atoms with van der Waals surface area (Å²) in [6.07, 6.45) is 7.07. The Labute approximate surface area is 281 Å². The van der Waals surface area contributed by atoms with Crippen LogP contribution in [-0.4, -0.2) is 81.6 Å². The first-order valence-electron chi connectivity index (χ1n) is 17.8. The fourth-order valence-electron chi connectivity index (χ4n) is 8.64. The van der Waals surface area contributed by atoms with Gasteiger partial charge >= 0.3 is 0 Å². The number of ketones is 1. The van der Waals surface area contributed by atoms with Gasteiger partial charge in [-0.05, 0) is 97.8 Å². The summed E-state index contributed by atoms with van der Waals surface area (Å²) in [5.41, 5.74) is 2.56. The van der Waals surface area contributed by atoms with E-state index in [0.29, 0.717) is 83.5 Å². The van der Waals surface area contributed by atoms with Crippen molar-refractivity contribution < 1.29 is 38.7 Å². The molecule has 5 unspecified atom stereocenters. The molecule has 8 nitrogen and oxygen atoms in total. The van der Waals surface area contributed by atoms with Crippen LogP contribution in [-0.2, 0) is 30.3 Å². The van der Waals surface area contributed by atoms with E-state index in [1.165, 1.54) is 0 Å². The largest absolute Gasteiger partial charge is 0.508 e. The number of phenolic OH excluding ortho intramolecular Hbond substituents is 1. The van der Waals surface area contributed by atoms with Crippen LogP contribution in [0, 0.1) is 22.7 Å². The highest BCUT2D eigenvalue weighted by atomic mass is 16.6. The highest BCUT2D eigenvalue weighted by Gasteiger charge is 2.58. The molecule has 0 bridgehead atoms. The third-order valence-corrected chi connectivity index (χ3v) is 11.2.